The summed E-state index contributed by atoms with van der Waals surface area (Å²) in [7, 11) is 0. The summed E-state index contributed by atoms with van der Waals surface area (Å²) in [4.78, 5) is 39.7. The van der Waals surface area contributed by atoms with Gasteiger partial charge in [-0.2, -0.15) is 9.61 Å². The molecule has 0 aromatic carbocycles. The summed E-state index contributed by atoms with van der Waals surface area (Å²) in [6.45, 7) is 4.32. The standard InChI is InChI=1S/C22H27F2N5O4/c1-12(2)10-28-20-13(3-6-16(30)27-8-7-14(11-27)18(23)24)9-25-29(20)22(33)17(21(28)32)19(31)26-15-4-5-15/h3,6,9,12,14-15,18,33H,4-5,7-8,10-11H2,1-2H3,(H,26,31)/b6-3+. The number of aromatic nitrogens is 3. The summed E-state index contributed by atoms with van der Waals surface area (Å²) >= 11 is 0. The fraction of sp³-hybridized carbons (Fsp3) is 0.545. The van der Waals surface area contributed by atoms with Gasteiger partial charge >= 0.3 is 0 Å². The maximum atomic E-state index is 13.2. The summed E-state index contributed by atoms with van der Waals surface area (Å²) in [5.41, 5.74) is -0.396. The van der Waals surface area contributed by atoms with Crippen LogP contribution < -0.4 is 10.9 Å². The fourth-order valence-electron chi connectivity index (χ4n) is 4.01. The van der Waals surface area contributed by atoms with E-state index < -0.39 is 35.6 Å². The molecular weight excluding hydrogens is 436 g/mol. The second-order valence-corrected chi connectivity index (χ2v) is 9.09. The molecule has 178 valence electrons. The first kappa shape index (κ1) is 22.9. The number of amides is 2. The molecule has 0 spiro atoms. The molecule has 0 radical (unpaired) electrons. The fourth-order valence-corrected chi connectivity index (χ4v) is 4.01. The van der Waals surface area contributed by atoms with Gasteiger partial charge in [-0.25, -0.2) is 8.78 Å². The molecule has 1 aliphatic heterocycles. The molecule has 1 aliphatic carbocycles. The Kier molecular flexibility index (Phi) is 6.22. The number of rotatable bonds is 7. The van der Waals surface area contributed by atoms with E-state index in [-0.39, 0.29) is 49.2 Å². The zero-order valence-corrected chi connectivity index (χ0v) is 18.5. The molecule has 3 heterocycles. The molecule has 2 aliphatic rings. The van der Waals surface area contributed by atoms with E-state index in [9.17, 15) is 28.3 Å². The molecule has 9 nitrogen and oxygen atoms in total. The Bertz CT molecular complexity index is 1170. The maximum Gasteiger partial charge on any atom is 0.270 e. The second-order valence-electron chi connectivity index (χ2n) is 9.09. The van der Waals surface area contributed by atoms with Crippen molar-refractivity contribution in [3.63, 3.8) is 0 Å². The Morgan fingerprint density at radius 3 is 2.64 bits per heavy atom. The molecule has 0 bridgehead atoms. The predicted molar refractivity (Wildman–Crippen MR) is 116 cm³/mol. The van der Waals surface area contributed by atoms with Crippen LogP contribution in [0.5, 0.6) is 5.88 Å². The summed E-state index contributed by atoms with van der Waals surface area (Å²) < 4.78 is 28.3. The quantitative estimate of drug-likeness (QED) is 0.610. The highest BCUT2D eigenvalue weighted by Crippen LogP contribution is 2.25. The third-order valence-electron chi connectivity index (χ3n) is 5.90. The number of likely N-dealkylation sites (tertiary alicyclic amines) is 1. The monoisotopic (exact) mass is 463 g/mol. The lowest BCUT2D eigenvalue weighted by Gasteiger charge is -2.15. The number of fused-ring (bicyclic) bond motifs is 1. The third kappa shape index (κ3) is 4.62. The highest BCUT2D eigenvalue weighted by Gasteiger charge is 2.32. The minimum atomic E-state index is -2.47. The normalized spacial score (nSPS) is 18.8. The number of alkyl halides is 2. The number of halogens is 2. The molecule has 4 rings (SSSR count). The molecule has 2 fully saturated rings. The topological polar surface area (TPSA) is 109 Å². The molecule has 2 amide bonds. The van der Waals surface area contributed by atoms with Gasteiger partial charge in [-0.15, -0.1) is 0 Å². The van der Waals surface area contributed by atoms with E-state index in [0.717, 1.165) is 17.4 Å². The highest BCUT2D eigenvalue weighted by atomic mass is 19.3. The third-order valence-corrected chi connectivity index (χ3v) is 5.90. The summed E-state index contributed by atoms with van der Waals surface area (Å²) in [5.74, 6) is -2.42. The number of carbonyl (C=O) groups excluding carboxylic acids is 2. The summed E-state index contributed by atoms with van der Waals surface area (Å²) in [6.07, 6.45) is 3.51. The first-order valence-electron chi connectivity index (χ1n) is 11.1. The van der Waals surface area contributed by atoms with Gasteiger partial charge in [0, 0.05) is 43.2 Å². The molecule has 1 unspecified atom stereocenters. The predicted octanol–water partition coefficient (Wildman–Crippen LogP) is 1.88. The smallest absolute Gasteiger partial charge is 0.270 e. The van der Waals surface area contributed by atoms with Crippen LogP contribution in [0.3, 0.4) is 0 Å². The van der Waals surface area contributed by atoms with Crippen molar-refractivity contribution in [1.29, 1.82) is 0 Å². The second kappa shape index (κ2) is 8.95. The van der Waals surface area contributed by atoms with E-state index in [4.69, 9.17) is 0 Å². The van der Waals surface area contributed by atoms with Gasteiger partial charge in [-0.05, 0) is 31.3 Å². The van der Waals surface area contributed by atoms with Crippen LogP contribution in [0, 0.1) is 11.8 Å². The lowest BCUT2D eigenvalue weighted by Crippen LogP contribution is -2.36. The minimum Gasteiger partial charge on any atom is -0.492 e. The molecule has 2 N–H and O–H groups in total. The zero-order valence-electron chi connectivity index (χ0n) is 18.5. The van der Waals surface area contributed by atoms with Gasteiger partial charge in [0.25, 0.3) is 11.5 Å². The first-order valence-corrected chi connectivity index (χ1v) is 11.1. The van der Waals surface area contributed by atoms with Gasteiger partial charge in [-0.1, -0.05) is 13.8 Å². The van der Waals surface area contributed by atoms with Gasteiger partial charge in [0.2, 0.25) is 18.2 Å². The number of aromatic hydroxyl groups is 1. The Balaban J connectivity index is 1.70. The van der Waals surface area contributed by atoms with Crippen LogP contribution in [-0.4, -0.2) is 61.6 Å². The van der Waals surface area contributed by atoms with Crippen LogP contribution in [-0.2, 0) is 11.3 Å². The highest BCUT2D eigenvalue weighted by molar-refractivity contribution is 5.97. The van der Waals surface area contributed by atoms with Crippen molar-refractivity contribution < 1.29 is 23.5 Å². The average Bonchev–Trinajstić information content (AvgIpc) is 3.26. The first-order chi connectivity index (χ1) is 15.7. The van der Waals surface area contributed by atoms with Crippen molar-refractivity contribution in [2.24, 2.45) is 11.8 Å². The number of carbonyl (C=O) groups is 2. The lowest BCUT2D eigenvalue weighted by molar-refractivity contribution is -0.125. The van der Waals surface area contributed by atoms with Crippen LogP contribution in [0.15, 0.2) is 17.1 Å². The van der Waals surface area contributed by atoms with Crippen molar-refractivity contribution in [3.05, 3.63) is 33.8 Å². The van der Waals surface area contributed by atoms with E-state index in [0.29, 0.717) is 5.56 Å². The molecular formula is C22H27F2N5O4. The SMILES string of the molecule is CC(C)Cn1c(=O)c(C(=O)NC2CC2)c(O)n2ncc(/C=C/C(=O)N3CCC(C(F)F)C3)c12. The molecule has 1 saturated carbocycles. The van der Waals surface area contributed by atoms with Crippen LogP contribution in [0.1, 0.15) is 49.0 Å². The summed E-state index contributed by atoms with van der Waals surface area (Å²) in [6, 6.07) is 0.00271. The van der Waals surface area contributed by atoms with Gasteiger partial charge in [0.1, 0.15) is 5.65 Å². The van der Waals surface area contributed by atoms with Crippen molar-refractivity contribution in [2.75, 3.05) is 13.1 Å². The van der Waals surface area contributed by atoms with Gasteiger partial charge in [0.15, 0.2) is 5.56 Å². The van der Waals surface area contributed by atoms with Crippen LogP contribution >= 0.6 is 0 Å². The number of nitrogens with zero attached hydrogens (tertiary/aromatic N) is 4. The van der Waals surface area contributed by atoms with E-state index in [1.807, 2.05) is 13.8 Å². The van der Waals surface area contributed by atoms with Crippen molar-refractivity contribution in [3.8, 4) is 5.88 Å². The molecule has 2 aromatic heterocycles. The van der Waals surface area contributed by atoms with Gasteiger partial charge in [0.05, 0.1) is 6.20 Å². The number of hydrogen-bond acceptors (Lipinski definition) is 5. The molecule has 2 aromatic rings. The van der Waals surface area contributed by atoms with Crippen molar-refractivity contribution in [2.45, 2.75) is 52.1 Å². The van der Waals surface area contributed by atoms with Crippen molar-refractivity contribution in [1.82, 2.24) is 24.4 Å². The lowest BCUT2D eigenvalue weighted by atomic mass is 10.1. The van der Waals surface area contributed by atoms with Crippen LogP contribution in [0.2, 0.25) is 0 Å². The van der Waals surface area contributed by atoms with Crippen LogP contribution in [0.4, 0.5) is 8.78 Å². The van der Waals surface area contributed by atoms with Crippen molar-refractivity contribution >= 4 is 23.5 Å². The molecule has 11 heteroatoms. The Morgan fingerprint density at radius 1 is 1.30 bits per heavy atom. The molecule has 33 heavy (non-hydrogen) atoms. The Hall–Kier alpha value is -3.24. The van der Waals surface area contributed by atoms with E-state index >= 15 is 0 Å². The summed E-state index contributed by atoms with van der Waals surface area (Å²) in [5, 5.41) is 17.5. The largest absolute Gasteiger partial charge is 0.492 e. The number of hydrogen-bond donors (Lipinski definition) is 2. The van der Waals surface area contributed by atoms with E-state index in [2.05, 4.69) is 10.4 Å². The number of nitrogens with one attached hydrogen (secondary N) is 1. The Labute approximate surface area is 188 Å². The average molecular weight is 463 g/mol. The zero-order chi connectivity index (χ0) is 23.9. The maximum absolute atomic E-state index is 13.2. The minimum absolute atomic E-state index is 0.00271. The van der Waals surface area contributed by atoms with Gasteiger partial charge < -0.3 is 15.3 Å². The molecule has 1 saturated heterocycles. The van der Waals surface area contributed by atoms with E-state index in [1.54, 1.807) is 0 Å². The van der Waals surface area contributed by atoms with E-state index in [1.165, 1.54) is 27.8 Å². The van der Waals surface area contributed by atoms with Crippen LogP contribution in [0.25, 0.3) is 11.7 Å². The molecule has 1 atom stereocenters. The van der Waals surface area contributed by atoms with Gasteiger partial charge in [-0.3, -0.25) is 19.0 Å². The Morgan fingerprint density at radius 2 is 2.03 bits per heavy atom.